The smallest absolute Gasteiger partial charge is 0.315 e. The Balaban J connectivity index is 1.97. The van der Waals surface area contributed by atoms with Gasteiger partial charge in [-0.2, -0.15) is 0 Å². The summed E-state index contributed by atoms with van der Waals surface area (Å²) in [6.07, 6.45) is 1.40. The molecular weight excluding hydrogens is 362 g/mol. The second kappa shape index (κ2) is 7.24. The maximum Gasteiger partial charge on any atom is 0.315 e. The zero-order valence-corrected chi connectivity index (χ0v) is 14.2. The molecule has 0 amide bonds. The molecule has 0 bridgehead atoms. The average molecular weight is 374 g/mol. The molecule has 1 aromatic heterocycles. The molecule has 8 nitrogen and oxygen atoms in total. The Bertz CT molecular complexity index is 985. The van der Waals surface area contributed by atoms with Crippen LogP contribution in [-0.2, 0) is 0 Å². The van der Waals surface area contributed by atoms with Crippen LogP contribution in [0.1, 0.15) is 11.5 Å². The number of aromatic nitrogens is 2. The van der Waals surface area contributed by atoms with Crippen LogP contribution in [0.4, 0.5) is 5.69 Å². The highest BCUT2D eigenvalue weighted by atomic mass is 35.5. The van der Waals surface area contributed by atoms with Gasteiger partial charge in [-0.3, -0.25) is 10.1 Å². The lowest BCUT2D eigenvalue weighted by atomic mass is 10.1. The Kier molecular flexibility index (Phi) is 4.85. The summed E-state index contributed by atoms with van der Waals surface area (Å²) in [5.41, 5.74) is 0.559. The quantitative estimate of drug-likeness (QED) is 0.529. The number of nitro benzene ring substituents is 1. The lowest BCUT2D eigenvalue weighted by molar-refractivity contribution is -0.386. The lowest BCUT2D eigenvalue weighted by Crippen LogP contribution is -1.93. The van der Waals surface area contributed by atoms with Crippen molar-refractivity contribution in [3.8, 4) is 23.0 Å². The van der Waals surface area contributed by atoms with Gasteiger partial charge in [-0.05, 0) is 29.8 Å². The summed E-state index contributed by atoms with van der Waals surface area (Å²) in [7, 11) is 1.29. The zero-order chi connectivity index (χ0) is 18.7. The van der Waals surface area contributed by atoms with Gasteiger partial charge >= 0.3 is 5.69 Å². The number of hydrogen-bond acceptors (Lipinski definition) is 7. The summed E-state index contributed by atoms with van der Waals surface area (Å²) in [5, 5.41) is 28.7. The molecule has 3 rings (SSSR count). The minimum absolute atomic E-state index is 0.0505. The van der Waals surface area contributed by atoms with Gasteiger partial charge < -0.3 is 14.3 Å². The summed E-state index contributed by atoms with van der Waals surface area (Å²) < 4.78 is 10.5. The van der Waals surface area contributed by atoms with E-state index >= 15 is 0 Å². The van der Waals surface area contributed by atoms with Gasteiger partial charge in [0.1, 0.15) is 5.03 Å². The van der Waals surface area contributed by atoms with E-state index in [0.29, 0.717) is 11.5 Å². The van der Waals surface area contributed by atoms with Crippen LogP contribution in [-0.4, -0.2) is 27.3 Å². The maximum atomic E-state index is 11.1. The van der Waals surface area contributed by atoms with Gasteiger partial charge in [0.05, 0.1) is 12.0 Å². The van der Waals surface area contributed by atoms with E-state index in [9.17, 15) is 15.2 Å². The summed E-state index contributed by atoms with van der Waals surface area (Å²) in [6.45, 7) is 0. The van der Waals surface area contributed by atoms with Crippen LogP contribution in [0.2, 0.25) is 0 Å². The monoisotopic (exact) mass is 373 g/mol. The van der Waals surface area contributed by atoms with Crippen LogP contribution in [0, 0.1) is 10.1 Å². The van der Waals surface area contributed by atoms with Crippen LogP contribution in [0.3, 0.4) is 0 Å². The van der Waals surface area contributed by atoms with Gasteiger partial charge in [-0.25, -0.2) is 0 Å². The van der Waals surface area contributed by atoms with E-state index in [1.165, 1.54) is 19.3 Å². The predicted octanol–water partition coefficient (Wildman–Crippen LogP) is 4.10. The van der Waals surface area contributed by atoms with Gasteiger partial charge in [0.15, 0.2) is 5.75 Å². The molecule has 0 atom stereocenters. The Morgan fingerprint density at radius 3 is 2.69 bits per heavy atom. The van der Waals surface area contributed by atoms with Gasteiger partial charge in [-0.1, -0.05) is 29.8 Å². The van der Waals surface area contributed by atoms with Crippen molar-refractivity contribution in [2.45, 2.75) is 0 Å². The third-order valence-corrected chi connectivity index (χ3v) is 3.71. The second-order valence-corrected chi connectivity index (χ2v) is 5.53. The normalized spacial score (nSPS) is 11.4. The van der Waals surface area contributed by atoms with Crippen molar-refractivity contribution in [1.29, 1.82) is 0 Å². The van der Waals surface area contributed by atoms with Crippen molar-refractivity contribution in [3.05, 3.63) is 64.0 Å². The molecule has 0 radical (unpaired) electrons. The van der Waals surface area contributed by atoms with Gasteiger partial charge in [0.25, 0.3) is 5.89 Å². The van der Waals surface area contributed by atoms with E-state index in [4.69, 9.17) is 20.8 Å². The second-order valence-electron chi connectivity index (χ2n) is 5.12. The Morgan fingerprint density at radius 1 is 1.31 bits per heavy atom. The third-order valence-electron chi connectivity index (χ3n) is 3.44. The number of methoxy groups -OCH3 is 1. The molecule has 0 aliphatic heterocycles. The molecule has 2 aromatic carbocycles. The standard InChI is InChI=1S/C17H12ClN3O5/c1-25-14-9-10(8-13(15(14)22)21(23)24)7-12(18)17-20-19-16(26-17)11-5-3-2-4-6-11/h2-9,22H,1H3/b12-7-. The molecule has 0 fully saturated rings. The van der Waals surface area contributed by atoms with E-state index < -0.39 is 16.4 Å². The highest BCUT2D eigenvalue weighted by Crippen LogP contribution is 2.38. The molecule has 1 heterocycles. The van der Waals surface area contributed by atoms with Crippen molar-refractivity contribution < 1.29 is 19.2 Å². The highest BCUT2D eigenvalue weighted by molar-refractivity contribution is 6.50. The van der Waals surface area contributed by atoms with Gasteiger partial charge in [0, 0.05) is 11.6 Å². The number of halogens is 1. The van der Waals surface area contributed by atoms with Crippen molar-refractivity contribution in [2.24, 2.45) is 0 Å². The fourth-order valence-corrected chi connectivity index (χ4v) is 2.42. The number of phenols is 1. The number of phenolic OH excluding ortho intramolecular Hbond substituents is 1. The minimum atomic E-state index is -0.719. The molecule has 0 saturated heterocycles. The van der Waals surface area contributed by atoms with Crippen LogP contribution in [0.5, 0.6) is 11.5 Å². The fraction of sp³-hybridized carbons (Fsp3) is 0.0588. The van der Waals surface area contributed by atoms with Crippen LogP contribution in [0.15, 0.2) is 46.9 Å². The first kappa shape index (κ1) is 17.4. The number of hydrogen-bond donors (Lipinski definition) is 1. The van der Waals surface area contributed by atoms with Crippen LogP contribution < -0.4 is 4.74 Å². The predicted molar refractivity (Wildman–Crippen MR) is 94.8 cm³/mol. The average Bonchev–Trinajstić information content (AvgIpc) is 3.14. The van der Waals surface area contributed by atoms with Gasteiger partial charge in [0.2, 0.25) is 11.6 Å². The summed E-state index contributed by atoms with van der Waals surface area (Å²) >= 11 is 6.20. The molecule has 26 heavy (non-hydrogen) atoms. The molecule has 1 N–H and O–H groups in total. The SMILES string of the molecule is COc1cc(/C=C(\Cl)c2nnc(-c3ccccc3)o2)cc([N+](=O)[O-])c1O. The lowest BCUT2D eigenvalue weighted by Gasteiger charge is -2.05. The van der Waals surface area contributed by atoms with Crippen LogP contribution >= 0.6 is 11.6 Å². The summed E-state index contributed by atoms with van der Waals surface area (Å²) in [5.74, 6) is -0.262. The molecular formula is C17H12ClN3O5. The fourth-order valence-electron chi connectivity index (χ4n) is 2.22. The van der Waals surface area contributed by atoms with Crippen molar-refractivity contribution >= 4 is 28.4 Å². The molecule has 0 aliphatic carbocycles. The summed E-state index contributed by atoms with van der Waals surface area (Å²) in [4.78, 5) is 10.3. The first-order valence-electron chi connectivity index (χ1n) is 7.31. The minimum Gasteiger partial charge on any atom is -0.500 e. The zero-order valence-electron chi connectivity index (χ0n) is 13.4. The first-order chi connectivity index (χ1) is 12.5. The molecule has 0 unspecified atom stereocenters. The Morgan fingerprint density at radius 2 is 2.04 bits per heavy atom. The van der Waals surface area contributed by atoms with E-state index in [1.54, 1.807) is 0 Å². The molecule has 9 heteroatoms. The van der Waals surface area contributed by atoms with Crippen LogP contribution in [0.25, 0.3) is 22.6 Å². The number of ether oxygens (including phenoxy) is 1. The topological polar surface area (TPSA) is 112 Å². The van der Waals surface area contributed by atoms with E-state index in [0.717, 1.165) is 11.6 Å². The third kappa shape index (κ3) is 3.50. The number of nitrogens with zero attached hydrogens (tertiary/aromatic N) is 3. The maximum absolute atomic E-state index is 11.1. The molecule has 0 aliphatic rings. The largest absolute Gasteiger partial charge is 0.500 e. The number of benzene rings is 2. The van der Waals surface area contributed by atoms with Crippen molar-refractivity contribution in [1.82, 2.24) is 10.2 Å². The van der Waals surface area contributed by atoms with Gasteiger partial charge in [-0.15, -0.1) is 10.2 Å². The van der Waals surface area contributed by atoms with Crippen molar-refractivity contribution in [2.75, 3.05) is 7.11 Å². The van der Waals surface area contributed by atoms with E-state index in [2.05, 4.69) is 10.2 Å². The molecule has 0 spiro atoms. The van der Waals surface area contributed by atoms with E-state index in [1.807, 2.05) is 30.3 Å². The van der Waals surface area contributed by atoms with E-state index in [-0.39, 0.29) is 16.7 Å². The number of nitro groups is 1. The van der Waals surface area contributed by atoms with Crippen molar-refractivity contribution in [3.63, 3.8) is 0 Å². The highest BCUT2D eigenvalue weighted by Gasteiger charge is 2.20. The first-order valence-corrected chi connectivity index (χ1v) is 7.69. The molecule has 0 saturated carbocycles. The Hall–Kier alpha value is -3.39. The molecule has 132 valence electrons. The number of rotatable bonds is 5. The molecule has 3 aromatic rings. The number of aromatic hydroxyl groups is 1. The summed E-state index contributed by atoms with van der Waals surface area (Å²) in [6, 6.07) is 11.7. The Labute approximate surface area is 152 Å².